The van der Waals surface area contributed by atoms with E-state index in [4.69, 9.17) is 14.2 Å². The molecule has 0 aliphatic carbocycles. The molecule has 1 saturated heterocycles. The maximum absolute atomic E-state index is 13.2. The number of amides is 1. The molecular weight excluding hydrogens is 396 g/mol. The Morgan fingerprint density at radius 1 is 1.00 bits per heavy atom. The largest absolute Gasteiger partial charge is 0.497 e. The van der Waals surface area contributed by atoms with Crippen LogP contribution in [0.5, 0.6) is 17.2 Å². The lowest BCUT2D eigenvalue weighted by Crippen LogP contribution is -2.47. The third-order valence-corrected chi connectivity index (χ3v) is 7.64. The number of methoxy groups -OCH3 is 3. The predicted octanol–water partition coefficient (Wildman–Crippen LogP) is 2.65. The molecule has 8 nitrogen and oxygen atoms in total. The zero-order chi connectivity index (χ0) is 21.2. The molecule has 0 saturated carbocycles. The molecule has 1 atom stereocenters. The monoisotopic (exact) mass is 420 g/mol. The SMILES string of the molecule is COc1ccc(N2CC[C@@](C)(C(=O)Nc3ccc(OC)c(OC)c3)S2(=O)=O)cc1. The molecule has 0 aromatic heterocycles. The first-order valence-electron chi connectivity index (χ1n) is 8.96. The molecule has 3 rings (SSSR count). The summed E-state index contributed by atoms with van der Waals surface area (Å²) in [6.45, 7) is 1.66. The Morgan fingerprint density at radius 3 is 2.24 bits per heavy atom. The number of rotatable bonds is 6. The Labute approximate surface area is 170 Å². The van der Waals surface area contributed by atoms with Crippen LogP contribution in [0.25, 0.3) is 0 Å². The minimum Gasteiger partial charge on any atom is -0.497 e. The number of nitrogens with one attached hydrogen (secondary N) is 1. The number of benzene rings is 2. The van der Waals surface area contributed by atoms with Crippen molar-refractivity contribution in [1.82, 2.24) is 0 Å². The fraction of sp³-hybridized carbons (Fsp3) is 0.350. The number of ether oxygens (including phenoxy) is 3. The van der Waals surface area contributed by atoms with Gasteiger partial charge in [-0.15, -0.1) is 0 Å². The van der Waals surface area contributed by atoms with Crippen LogP contribution in [0.1, 0.15) is 13.3 Å². The minimum absolute atomic E-state index is 0.167. The molecule has 0 spiro atoms. The molecule has 0 radical (unpaired) electrons. The highest BCUT2D eigenvalue weighted by Crippen LogP contribution is 2.38. The van der Waals surface area contributed by atoms with E-state index in [2.05, 4.69) is 5.32 Å². The van der Waals surface area contributed by atoms with Gasteiger partial charge in [-0.1, -0.05) is 0 Å². The van der Waals surface area contributed by atoms with E-state index < -0.39 is 20.7 Å². The molecule has 1 amide bonds. The molecule has 1 fully saturated rings. The van der Waals surface area contributed by atoms with Gasteiger partial charge in [-0.3, -0.25) is 9.10 Å². The van der Waals surface area contributed by atoms with Crippen LogP contribution in [0.4, 0.5) is 11.4 Å². The molecule has 156 valence electrons. The van der Waals surface area contributed by atoms with E-state index in [1.54, 1.807) is 42.5 Å². The van der Waals surface area contributed by atoms with Crippen molar-refractivity contribution in [3.05, 3.63) is 42.5 Å². The van der Waals surface area contributed by atoms with E-state index in [0.717, 1.165) is 0 Å². The van der Waals surface area contributed by atoms with Crippen molar-refractivity contribution in [2.45, 2.75) is 18.1 Å². The average molecular weight is 420 g/mol. The molecule has 9 heteroatoms. The molecule has 1 N–H and O–H groups in total. The summed E-state index contributed by atoms with van der Waals surface area (Å²) in [5.41, 5.74) is 0.917. The summed E-state index contributed by atoms with van der Waals surface area (Å²) in [5, 5.41) is 2.70. The molecule has 0 bridgehead atoms. The summed E-state index contributed by atoms with van der Waals surface area (Å²) in [6.07, 6.45) is 0.167. The molecule has 29 heavy (non-hydrogen) atoms. The zero-order valence-electron chi connectivity index (χ0n) is 16.8. The quantitative estimate of drug-likeness (QED) is 0.772. The summed E-state index contributed by atoms with van der Waals surface area (Å²) < 4.78 is 41.6. The Kier molecular flexibility index (Phi) is 5.61. The van der Waals surface area contributed by atoms with Gasteiger partial charge in [0.05, 0.1) is 27.0 Å². The smallest absolute Gasteiger partial charge is 0.249 e. The van der Waals surface area contributed by atoms with Gasteiger partial charge in [0.25, 0.3) is 0 Å². The highest BCUT2D eigenvalue weighted by molar-refractivity contribution is 7.95. The lowest BCUT2D eigenvalue weighted by molar-refractivity contribution is -0.118. The topological polar surface area (TPSA) is 94.2 Å². The number of anilines is 2. The summed E-state index contributed by atoms with van der Waals surface area (Å²) in [4.78, 5) is 13.0. The number of sulfonamides is 1. The normalized spacial score (nSPS) is 20.2. The van der Waals surface area contributed by atoms with E-state index in [-0.39, 0.29) is 13.0 Å². The second kappa shape index (κ2) is 7.82. The van der Waals surface area contributed by atoms with Gasteiger partial charge in [0.1, 0.15) is 5.75 Å². The van der Waals surface area contributed by atoms with Crippen LogP contribution in [0.2, 0.25) is 0 Å². The zero-order valence-corrected chi connectivity index (χ0v) is 17.6. The van der Waals surface area contributed by atoms with Crippen LogP contribution in [-0.2, 0) is 14.8 Å². The van der Waals surface area contributed by atoms with Crippen LogP contribution in [0.3, 0.4) is 0 Å². The van der Waals surface area contributed by atoms with Crippen LogP contribution in [0, 0.1) is 0 Å². The van der Waals surface area contributed by atoms with Gasteiger partial charge in [-0.2, -0.15) is 0 Å². The predicted molar refractivity (Wildman–Crippen MR) is 110 cm³/mol. The molecule has 1 aliphatic heterocycles. The van der Waals surface area contributed by atoms with Gasteiger partial charge >= 0.3 is 0 Å². The Bertz CT molecular complexity index is 1010. The Balaban J connectivity index is 1.85. The standard InChI is InChI=1S/C20H24N2O6S/c1-20(19(23)21-14-5-10-17(27-3)18(13-14)28-4)11-12-22(29(20,24)25)15-6-8-16(26-2)9-7-15/h5-10,13H,11-12H2,1-4H3,(H,21,23)/t20-/m0/s1. The summed E-state index contributed by atoms with van der Waals surface area (Å²) in [5.74, 6) is 0.973. The van der Waals surface area contributed by atoms with Crippen molar-refractivity contribution in [2.75, 3.05) is 37.5 Å². The first-order valence-corrected chi connectivity index (χ1v) is 10.4. The third kappa shape index (κ3) is 3.57. The van der Waals surface area contributed by atoms with Crippen LogP contribution < -0.4 is 23.8 Å². The van der Waals surface area contributed by atoms with Crippen LogP contribution in [-0.4, -0.2) is 46.9 Å². The number of nitrogens with zero attached hydrogens (tertiary/aromatic N) is 1. The van der Waals surface area contributed by atoms with Crippen molar-refractivity contribution in [3.63, 3.8) is 0 Å². The van der Waals surface area contributed by atoms with Crippen molar-refractivity contribution in [3.8, 4) is 17.2 Å². The Morgan fingerprint density at radius 2 is 1.66 bits per heavy atom. The maximum Gasteiger partial charge on any atom is 0.249 e. The number of hydrogen-bond acceptors (Lipinski definition) is 6. The molecular formula is C20H24N2O6S. The van der Waals surface area contributed by atoms with Gasteiger partial charge < -0.3 is 19.5 Å². The van der Waals surface area contributed by atoms with Crippen LogP contribution in [0.15, 0.2) is 42.5 Å². The number of carbonyl (C=O) groups excluding carboxylic acids is 1. The molecule has 2 aromatic rings. The van der Waals surface area contributed by atoms with E-state index >= 15 is 0 Å². The Hall–Kier alpha value is -2.94. The molecule has 1 aliphatic rings. The van der Waals surface area contributed by atoms with Crippen molar-refractivity contribution in [1.29, 1.82) is 0 Å². The van der Waals surface area contributed by atoms with E-state index in [1.165, 1.54) is 32.6 Å². The third-order valence-electron chi connectivity index (χ3n) is 5.13. The molecule has 0 unspecified atom stereocenters. The van der Waals surface area contributed by atoms with E-state index in [1.807, 2.05) is 0 Å². The summed E-state index contributed by atoms with van der Waals surface area (Å²) in [6, 6.07) is 11.6. The summed E-state index contributed by atoms with van der Waals surface area (Å²) in [7, 11) is 0.610. The van der Waals surface area contributed by atoms with E-state index in [9.17, 15) is 13.2 Å². The van der Waals surface area contributed by atoms with Gasteiger partial charge in [0.2, 0.25) is 15.9 Å². The van der Waals surface area contributed by atoms with E-state index in [0.29, 0.717) is 28.6 Å². The minimum atomic E-state index is -3.92. The number of hydrogen-bond donors (Lipinski definition) is 1. The maximum atomic E-state index is 13.2. The lowest BCUT2D eigenvalue weighted by atomic mass is 10.1. The van der Waals surface area contributed by atoms with Crippen LogP contribution >= 0.6 is 0 Å². The van der Waals surface area contributed by atoms with Crippen molar-refractivity contribution < 1.29 is 27.4 Å². The molecule has 2 aromatic carbocycles. The molecule has 1 heterocycles. The van der Waals surface area contributed by atoms with Gasteiger partial charge in [-0.05, 0) is 49.7 Å². The first-order chi connectivity index (χ1) is 13.8. The summed E-state index contributed by atoms with van der Waals surface area (Å²) >= 11 is 0. The lowest BCUT2D eigenvalue weighted by Gasteiger charge is -2.25. The van der Waals surface area contributed by atoms with Gasteiger partial charge in [0.15, 0.2) is 16.2 Å². The highest BCUT2D eigenvalue weighted by atomic mass is 32.2. The fourth-order valence-electron chi connectivity index (χ4n) is 3.23. The first kappa shape index (κ1) is 20.8. The highest BCUT2D eigenvalue weighted by Gasteiger charge is 2.54. The van der Waals surface area contributed by atoms with Gasteiger partial charge in [0, 0.05) is 18.3 Å². The average Bonchev–Trinajstić information content (AvgIpc) is 2.98. The fourth-order valence-corrected chi connectivity index (χ4v) is 5.08. The van der Waals surface area contributed by atoms with Crippen molar-refractivity contribution in [2.24, 2.45) is 0 Å². The number of carbonyl (C=O) groups is 1. The van der Waals surface area contributed by atoms with Gasteiger partial charge in [-0.25, -0.2) is 8.42 Å². The second-order valence-electron chi connectivity index (χ2n) is 6.78. The van der Waals surface area contributed by atoms with Crippen molar-refractivity contribution >= 4 is 27.3 Å². The second-order valence-corrected chi connectivity index (χ2v) is 9.07.